The van der Waals surface area contributed by atoms with E-state index in [1.165, 1.54) is 35.7 Å². The van der Waals surface area contributed by atoms with E-state index in [1.807, 2.05) is 6.07 Å². The van der Waals surface area contributed by atoms with Crippen LogP contribution in [0, 0.1) is 11.7 Å². The van der Waals surface area contributed by atoms with Crippen molar-refractivity contribution in [3.8, 4) is 0 Å². The molecule has 5 nitrogen and oxygen atoms in total. The molecule has 0 radical (unpaired) electrons. The van der Waals surface area contributed by atoms with Gasteiger partial charge in [0.15, 0.2) is 5.96 Å². The molecule has 1 aliphatic rings. The van der Waals surface area contributed by atoms with Gasteiger partial charge in [-0.05, 0) is 62.9 Å². The van der Waals surface area contributed by atoms with Crippen molar-refractivity contribution in [3.63, 3.8) is 0 Å². The highest BCUT2D eigenvalue weighted by molar-refractivity contribution is 7.09. The fourth-order valence-corrected chi connectivity index (χ4v) is 4.29. The summed E-state index contributed by atoms with van der Waals surface area (Å²) in [4.78, 5) is 11.8. The van der Waals surface area contributed by atoms with Gasteiger partial charge in [-0.15, -0.1) is 11.3 Å². The zero-order chi connectivity index (χ0) is 20.5. The number of piperidine rings is 1. The summed E-state index contributed by atoms with van der Waals surface area (Å²) in [5, 5.41) is 10.2. The maximum Gasteiger partial charge on any atom is 0.191 e. The van der Waals surface area contributed by atoms with Crippen LogP contribution in [-0.2, 0) is 19.5 Å². The molecule has 29 heavy (non-hydrogen) atoms. The molecule has 2 N–H and O–H groups in total. The smallest absolute Gasteiger partial charge is 0.191 e. The number of halogens is 1. The van der Waals surface area contributed by atoms with Crippen LogP contribution < -0.4 is 10.6 Å². The molecule has 0 unspecified atom stereocenters. The van der Waals surface area contributed by atoms with E-state index in [0.717, 1.165) is 50.7 Å². The van der Waals surface area contributed by atoms with Crippen LogP contribution in [0.25, 0.3) is 0 Å². The Morgan fingerprint density at radius 2 is 2.10 bits per heavy atom. The highest BCUT2D eigenvalue weighted by Crippen LogP contribution is 2.19. The van der Waals surface area contributed by atoms with Crippen LogP contribution in [0.4, 0.5) is 4.39 Å². The number of benzene rings is 1. The maximum absolute atomic E-state index is 13.3. The Morgan fingerprint density at radius 3 is 2.79 bits per heavy atom. The van der Waals surface area contributed by atoms with Crippen LogP contribution in [0.2, 0.25) is 0 Å². The third-order valence-electron chi connectivity index (χ3n) is 5.21. The van der Waals surface area contributed by atoms with Gasteiger partial charge in [-0.1, -0.05) is 19.1 Å². The summed E-state index contributed by atoms with van der Waals surface area (Å²) in [6, 6.07) is 6.62. The first-order chi connectivity index (χ1) is 14.2. The number of aromatic nitrogens is 1. The Balaban J connectivity index is 1.42. The molecule has 0 aliphatic carbocycles. The van der Waals surface area contributed by atoms with Crippen LogP contribution in [-0.4, -0.2) is 42.0 Å². The second kappa shape index (κ2) is 11.3. The second-order valence-electron chi connectivity index (χ2n) is 7.51. The van der Waals surface area contributed by atoms with E-state index in [1.54, 1.807) is 17.4 Å². The molecule has 1 aromatic heterocycles. The number of hydrogen-bond donors (Lipinski definition) is 2. The molecule has 1 saturated heterocycles. The van der Waals surface area contributed by atoms with E-state index in [2.05, 4.69) is 44.7 Å². The lowest BCUT2D eigenvalue weighted by atomic mass is 9.97. The van der Waals surface area contributed by atoms with Crippen LogP contribution in [0.5, 0.6) is 0 Å². The quantitative estimate of drug-likeness (QED) is 0.507. The van der Waals surface area contributed by atoms with Crippen LogP contribution in [0.3, 0.4) is 0 Å². The Bertz CT molecular complexity index is 783. The van der Waals surface area contributed by atoms with Gasteiger partial charge >= 0.3 is 0 Å². The normalized spacial score (nSPS) is 16.2. The number of nitrogens with zero attached hydrogens (tertiary/aromatic N) is 3. The first-order valence-electron chi connectivity index (χ1n) is 10.6. The zero-order valence-electron chi connectivity index (χ0n) is 17.5. The first kappa shape index (κ1) is 21.7. The number of thiazole rings is 1. The molecule has 1 fully saturated rings. The van der Waals surface area contributed by atoms with Crippen LogP contribution >= 0.6 is 11.3 Å². The van der Waals surface area contributed by atoms with Crippen molar-refractivity contribution in [1.29, 1.82) is 0 Å². The molecule has 0 spiro atoms. The van der Waals surface area contributed by atoms with Gasteiger partial charge in [0.05, 0.1) is 17.2 Å². The van der Waals surface area contributed by atoms with Crippen molar-refractivity contribution in [2.24, 2.45) is 10.9 Å². The molecular weight excluding hydrogens is 385 g/mol. The van der Waals surface area contributed by atoms with Gasteiger partial charge in [0.25, 0.3) is 0 Å². The zero-order valence-corrected chi connectivity index (χ0v) is 18.3. The molecule has 158 valence electrons. The third-order valence-corrected chi connectivity index (χ3v) is 6.25. The predicted octanol–water partition coefficient (Wildman–Crippen LogP) is 3.81. The van der Waals surface area contributed by atoms with Gasteiger partial charge in [0.2, 0.25) is 0 Å². The minimum atomic E-state index is -0.217. The van der Waals surface area contributed by atoms with Crippen molar-refractivity contribution >= 4 is 17.3 Å². The maximum atomic E-state index is 13.3. The molecule has 7 heteroatoms. The average molecular weight is 418 g/mol. The van der Waals surface area contributed by atoms with Gasteiger partial charge in [-0.3, -0.25) is 4.90 Å². The third kappa shape index (κ3) is 7.08. The number of guanidine groups is 1. The molecule has 1 aliphatic heterocycles. The van der Waals surface area contributed by atoms with Crippen molar-refractivity contribution in [2.75, 3.05) is 26.2 Å². The summed E-state index contributed by atoms with van der Waals surface area (Å²) < 4.78 is 13.3. The first-order valence-corrected chi connectivity index (χ1v) is 11.5. The summed E-state index contributed by atoms with van der Waals surface area (Å²) in [5.41, 5.74) is 2.09. The summed E-state index contributed by atoms with van der Waals surface area (Å²) >= 11 is 1.77. The van der Waals surface area contributed by atoms with E-state index in [9.17, 15) is 4.39 Å². The minimum Gasteiger partial charge on any atom is -0.357 e. The molecule has 3 rings (SSSR count). The summed E-state index contributed by atoms with van der Waals surface area (Å²) in [5.74, 6) is 1.23. The molecule has 0 amide bonds. The fourth-order valence-electron chi connectivity index (χ4n) is 3.55. The predicted molar refractivity (Wildman–Crippen MR) is 119 cm³/mol. The van der Waals surface area contributed by atoms with Crippen LogP contribution in [0.1, 0.15) is 43.0 Å². The van der Waals surface area contributed by atoms with Gasteiger partial charge < -0.3 is 10.6 Å². The lowest BCUT2D eigenvalue weighted by Crippen LogP contribution is -2.42. The summed E-state index contributed by atoms with van der Waals surface area (Å²) in [7, 11) is 0. The molecule has 1 aromatic carbocycles. The van der Waals surface area contributed by atoms with Crippen molar-refractivity contribution in [1.82, 2.24) is 20.5 Å². The Morgan fingerprint density at radius 1 is 1.28 bits per heavy atom. The fraction of sp³-hybridized carbons (Fsp3) is 0.545. The Hall–Kier alpha value is -1.99. The lowest BCUT2D eigenvalue weighted by molar-refractivity contribution is 0.176. The molecule has 2 aromatic rings. The number of aliphatic imine (C=N–C) groups is 1. The minimum absolute atomic E-state index is 0.217. The van der Waals surface area contributed by atoms with E-state index in [0.29, 0.717) is 12.5 Å². The average Bonchev–Trinajstić information content (AvgIpc) is 3.19. The SMILES string of the molecule is CCNC(=NCc1cccc(F)c1)NCC1CCN(Cc2csc(CC)n2)CC1. The van der Waals surface area contributed by atoms with Crippen molar-refractivity contribution in [2.45, 2.75) is 46.2 Å². The van der Waals surface area contributed by atoms with E-state index >= 15 is 0 Å². The Kier molecular flexibility index (Phi) is 8.43. The topological polar surface area (TPSA) is 52.6 Å². The van der Waals surface area contributed by atoms with E-state index in [-0.39, 0.29) is 5.82 Å². The second-order valence-corrected chi connectivity index (χ2v) is 8.45. The van der Waals surface area contributed by atoms with E-state index in [4.69, 9.17) is 0 Å². The molecule has 0 bridgehead atoms. The monoisotopic (exact) mass is 417 g/mol. The van der Waals surface area contributed by atoms with Gasteiger partial charge in [0.1, 0.15) is 5.82 Å². The largest absolute Gasteiger partial charge is 0.357 e. The van der Waals surface area contributed by atoms with Crippen molar-refractivity contribution in [3.05, 3.63) is 51.7 Å². The van der Waals surface area contributed by atoms with Gasteiger partial charge in [-0.25, -0.2) is 14.4 Å². The van der Waals surface area contributed by atoms with Gasteiger partial charge in [-0.2, -0.15) is 0 Å². The molecular formula is C22H32FN5S. The van der Waals surface area contributed by atoms with E-state index < -0.39 is 0 Å². The molecule has 0 atom stereocenters. The highest BCUT2D eigenvalue weighted by Gasteiger charge is 2.20. The molecule has 2 heterocycles. The number of likely N-dealkylation sites (tertiary alicyclic amines) is 1. The standard InChI is InChI=1S/C22H32FN5S/c1-3-21-27-20(16-29-21)15-28-10-8-17(9-11-28)13-25-22(24-4-2)26-14-18-6-5-7-19(23)12-18/h5-7,12,16-17H,3-4,8-11,13-15H2,1-2H3,(H2,24,25,26). The summed E-state index contributed by atoms with van der Waals surface area (Å²) in [6.07, 6.45) is 3.38. The van der Waals surface area contributed by atoms with Crippen LogP contribution in [0.15, 0.2) is 34.6 Å². The number of nitrogens with one attached hydrogen (secondary N) is 2. The molecule has 0 saturated carbocycles. The number of hydrogen-bond acceptors (Lipinski definition) is 4. The van der Waals surface area contributed by atoms with Gasteiger partial charge in [0, 0.05) is 25.0 Å². The van der Waals surface area contributed by atoms with Crippen molar-refractivity contribution < 1.29 is 4.39 Å². The number of rotatable bonds is 8. The number of aryl methyl sites for hydroxylation is 1. The highest BCUT2D eigenvalue weighted by atomic mass is 32.1. The Labute approximate surface area is 177 Å². The lowest BCUT2D eigenvalue weighted by Gasteiger charge is -2.31. The summed E-state index contributed by atoms with van der Waals surface area (Å²) in [6.45, 7) is 9.60.